The number of nitrogens with zero attached hydrogens (tertiary/aromatic N) is 3. The fourth-order valence-corrected chi connectivity index (χ4v) is 4.16. The molecule has 5 nitrogen and oxygen atoms in total. The maximum atomic E-state index is 14.5. The zero-order valence-electron chi connectivity index (χ0n) is 14.0. The summed E-state index contributed by atoms with van der Waals surface area (Å²) in [6.07, 6.45) is 6.30. The van der Waals surface area contributed by atoms with Crippen molar-refractivity contribution < 1.29 is 9.13 Å². The zero-order valence-corrected chi connectivity index (χ0v) is 14.0. The maximum Gasteiger partial charge on any atom is 0.191 e. The van der Waals surface area contributed by atoms with Gasteiger partial charge in [-0.2, -0.15) is 0 Å². The second-order valence-electron chi connectivity index (χ2n) is 6.98. The van der Waals surface area contributed by atoms with Crippen LogP contribution in [0.15, 0.2) is 18.5 Å². The molecule has 4 rings (SSSR count). The molecule has 1 aromatic heterocycles. The van der Waals surface area contributed by atoms with Gasteiger partial charge in [-0.3, -0.25) is 0 Å². The van der Waals surface area contributed by atoms with Crippen molar-refractivity contribution >= 4 is 16.7 Å². The van der Waals surface area contributed by atoms with Gasteiger partial charge in [0.1, 0.15) is 17.7 Å². The third-order valence-electron chi connectivity index (χ3n) is 5.45. The molecule has 2 aliphatic heterocycles. The SMILES string of the molecule is COc1ccc2c(N3CCCCC4(CCNC4)C3)ncnc2c1F. The number of rotatable bonds is 2. The van der Waals surface area contributed by atoms with Crippen LogP contribution in [0.1, 0.15) is 25.7 Å². The van der Waals surface area contributed by atoms with Crippen molar-refractivity contribution in [1.82, 2.24) is 15.3 Å². The molecule has 2 fully saturated rings. The van der Waals surface area contributed by atoms with Crippen LogP contribution >= 0.6 is 0 Å². The van der Waals surface area contributed by atoms with Gasteiger partial charge in [-0.15, -0.1) is 0 Å². The minimum Gasteiger partial charge on any atom is -0.494 e. The summed E-state index contributed by atoms with van der Waals surface area (Å²) >= 11 is 0. The number of ether oxygens (including phenoxy) is 1. The van der Waals surface area contributed by atoms with Gasteiger partial charge in [-0.1, -0.05) is 6.42 Å². The zero-order chi connectivity index (χ0) is 16.6. The number of hydrogen-bond acceptors (Lipinski definition) is 5. The summed E-state index contributed by atoms with van der Waals surface area (Å²) in [5.41, 5.74) is 0.654. The lowest BCUT2D eigenvalue weighted by Gasteiger charge is -2.33. The minimum atomic E-state index is -0.411. The van der Waals surface area contributed by atoms with Gasteiger partial charge >= 0.3 is 0 Å². The molecule has 1 N–H and O–H groups in total. The van der Waals surface area contributed by atoms with Crippen molar-refractivity contribution in [3.8, 4) is 5.75 Å². The largest absolute Gasteiger partial charge is 0.494 e. The van der Waals surface area contributed by atoms with Crippen LogP contribution in [0, 0.1) is 11.2 Å². The molecule has 0 radical (unpaired) electrons. The number of anilines is 1. The topological polar surface area (TPSA) is 50.3 Å². The molecule has 0 saturated carbocycles. The van der Waals surface area contributed by atoms with Crippen molar-refractivity contribution in [3.63, 3.8) is 0 Å². The highest BCUT2D eigenvalue weighted by Gasteiger charge is 2.37. The van der Waals surface area contributed by atoms with Crippen LogP contribution in [0.2, 0.25) is 0 Å². The van der Waals surface area contributed by atoms with Crippen molar-refractivity contribution in [2.24, 2.45) is 5.41 Å². The molecule has 24 heavy (non-hydrogen) atoms. The van der Waals surface area contributed by atoms with Gasteiger partial charge in [-0.05, 0) is 37.9 Å². The Kier molecular flexibility index (Phi) is 4.00. The number of halogens is 1. The molecule has 1 spiro atoms. The van der Waals surface area contributed by atoms with Crippen molar-refractivity contribution in [1.29, 1.82) is 0 Å². The van der Waals surface area contributed by atoms with Gasteiger partial charge in [0.25, 0.3) is 0 Å². The Labute approximate surface area is 141 Å². The second kappa shape index (κ2) is 6.16. The van der Waals surface area contributed by atoms with E-state index in [1.54, 1.807) is 6.07 Å². The first-order valence-corrected chi connectivity index (χ1v) is 8.65. The number of methoxy groups -OCH3 is 1. The summed E-state index contributed by atoms with van der Waals surface area (Å²) in [6, 6.07) is 3.53. The number of aromatic nitrogens is 2. The molecule has 1 atom stereocenters. The lowest BCUT2D eigenvalue weighted by molar-refractivity contribution is 0.309. The predicted molar refractivity (Wildman–Crippen MR) is 92.0 cm³/mol. The van der Waals surface area contributed by atoms with Gasteiger partial charge in [-0.25, -0.2) is 14.4 Å². The average molecular weight is 330 g/mol. The fourth-order valence-electron chi connectivity index (χ4n) is 4.16. The van der Waals surface area contributed by atoms with Crippen LogP contribution in [0.5, 0.6) is 5.75 Å². The van der Waals surface area contributed by atoms with Crippen LogP contribution in [0.3, 0.4) is 0 Å². The minimum absolute atomic E-state index is 0.222. The summed E-state index contributed by atoms with van der Waals surface area (Å²) in [7, 11) is 1.47. The van der Waals surface area contributed by atoms with E-state index < -0.39 is 5.82 Å². The van der Waals surface area contributed by atoms with Crippen molar-refractivity contribution in [2.45, 2.75) is 25.7 Å². The molecule has 1 aromatic carbocycles. The van der Waals surface area contributed by atoms with Crippen LogP contribution < -0.4 is 15.0 Å². The Morgan fingerprint density at radius 3 is 2.96 bits per heavy atom. The van der Waals surface area contributed by atoms with E-state index in [1.807, 2.05) is 6.07 Å². The van der Waals surface area contributed by atoms with Crippen LogP contribution in [-0.4, -0.2) is 43.3 Å². The average Bonchev–Trinajstić information content (AvgIpc) is 2.95. The molecule has 2 saturated heterocycles. The molecule has 6 heteroatoms. The third kappa shape index (κ3) is 2.59. The van der Waals surface area contributed by atoms with E-state index in [9.17, 15) is 4.39 Å². The highest BCUT2D eigenvalue weighted by atomic mass is 19.1. The molecule has 0 amide bonds. The summed E-state index contributed by atoms with van der Waals surface area (Å²) in [5, 5.41) is 4.27. The van der Waals surface area contributed by atoms with Crippen molar-refractivity contribution in [3.05, 3.63) is 24.3 Å². The molecule has 128 valence electrons. The highest BCUT2D eigenvalue weighted by molar-refractivity contribution is 5.90. The number of benzene rings is 1. The Morgan fingerprint density at radius 2 is 2.17 bits per heavy atom. The van der Waals surface area contributed by atoms with Crippen molar-refractivity contribution in [2.75, 3.05) is 38.2 Å². The van der Waals surface area contributed by atoms with Crippen LogP contribution in [0.25, 0.3) is 10.9 Å². The molecule has 1 unspecified atom stereocenters. The van der Waals surface area contributed by atoms with Crippen LogP contribution in [0.4, 0.5) is 10.2 Å². The van der Waals surface area contributed by atoms with Gasteiger partial charge < -0.3 is 15.0 Å². The molecular formula is C18H23FN4O. The van der Waals surface area contributed by atoms with E-state index in [1.165, 1.54) is 32.7 Å². The van der Waals surface area contributed by atoms with Crippen LogP contribution in [-0.2, 0) is 0 Å². The first-order valence-electron chi connectivity index (χ1n) is 8.65. The number of hydrogen-bond donors (Lipinski definition) is 1. The summed E-state index contributed by atoms with van der Waals surface area (Å²) < 4.78 is 19.6. The second-order valence-corrected chi connectivity index (χ2v) is 6.98. The normalized spacial score (nSPS) is 24.5. The van der Waals surface area contributed by atoms with E-state index in [-0.39, 0.29) is 5.75 Å². The standard InChI is InChI=1S/C18H23FN4O/c1-24-14-5-4-13-16(15(14)19)21-12-22-17(13)23-9-3-2-6-18(11-23)7-8-20-10-18/h4-5,12,20H,2-3,6-11H2,1H3. The van der Waals surface area contributed by atoms with E-state index >= 15 is 0 Å². The predicted octanol–water partition coefficient (Wildman–Crippen LogP) is 2.75. The fraction of sp³-hybridized carbons (Fsp3) is 0.556. The smallest absolute Gasteiger partial charge is 0.191 e. The molecular weight excluding hydrogens is 307 g/mol. The summed E-state index contributed by atoms with van der Waals surface area (Å²) in [6.45, 7) is 4.08. The van der Waals surface area contributed by atoms with E-state index in [2.05, 4.69) is 20.2 Å². The monoisotopic (exact) mass is 330 g/mol. The van der Waals surface area contributed by atoms with Gasteiger partial charge in [0.2, 0.25) is 0 Å². The van der Waals surface area contributed by atoms with E-state index in [4.69, 9.17) is 4.74 Å². The molecule has 2 aliphatic rings. The first kappa shape index (κ1) is 15.6. The Balaban J connectivity index is 1.76. The molecule has 0 bridgehead atoms. The summed E-state index contributed by atoms with van der Waals surface area (Å²) in [4.78, 5) is 11.0. The highest BCUT2D eigenvalue weighted by Crippen LogP contribution is 2.38. The lowest BCUT2D eigenvalue weighted by Crippen LogP contribution is -2.38. The Hall–Kier alpha value is -1.95. The van der Waals surface area contributed by atoms with Gasteiger partial charge in [0.15, 0.2) is 11.6 Å². The molecule has 3 heterocycles. The number of nitrogens with one attached hydrogen (secondary N) is 1. The Morgan fingerprint density at radius 1 is 1.25 bits per heavy atom. The quantitative estimate of drug-likeness (QED) is 0.917. The lowest BCUT2D eigenvalue weighted by atomic mass is 9.82. The van der Waals surface area contributed by atoms with Gasteiger partial charge in [0.05, 0.1) is 7.11 Å². The maximum absolute atomic E-state index is 14.5. The first-order chi connectivity index (χ1) is 11.7. The summed E-state index contributed by atoms with van der Waals surface area (Å²) in [5.74, 6) is 0.653. The Bertz CT molecular complexity index is 745. The van der Waals surface area contributed by atoms with E-state index in [0.717, 1.165) is 43.8 Å². The van der Waals surface area contributed by atoms with E-state index in [0.29, 0.717) is 10.9 Å². The third-order valence-corrected chi connectivity index (χ3v) is 5.45. The molecule has 2 aromatic rings. The van der Waals surface area contributed by atoms with Gasteiger partial charge in [0, 0.05) is 30.4 Å². The molecule has 0 aliphatic carbocycles. The number of fused-ring (bicyclic) bond motifs is 1.